The van der Waals surface area contributed by atoms with Crippen molar-refractivity contribution in [2.75, 3.05) is 14.2 Å². The van der Waals surface area contributed by atoms with E-state index in [4.69, 9.17) is 9.47 Å². The van der Waals surface area contributed by atoms with Crippen molar-refractivity contribution in [2.45, 2.75) is 0 Å². The molecule has 0 aliphatic heterocycles. The summed E-state index contributed by atoms with van der Waals surface area (Å²) in [6, 6.07) is 14.0. The van der Waals surface area contributed by atoms with Crippen LogP contribution in [0.25, 0.3) is 27.8 Å². The first kappa shape index (κ1) is 15.2. The highest BCUT2D eigenvalue weighted by molar-refractivity contribution is 5.84. The second-order valence-electron chi connectivity index (χ2n) is 5.65. The largest absolute Gasteiger partial charge is 0.497 e. The van der Waals surface area contributed by atoms with Crippen LogP contribution in [0, 0.1) is 0 Å². The first-order valence-corrected chi connectivity index (χ1v) is 7.89. The number of nitrogens with zero attached hydrogens (tertiary/aromatic N) is 3. The fraction of sp³-hybridized carbons (Fsp3) is 0.100. The van der Waals surface area contributed by atoms with Gasteiger partial charge in [-0.3, -0.25) is 0 Å². The van der Waals surface area contributed by atoms with Crippen molar-refractivity contribution in [1.82, 2.24) is 14.4 Å². The number of benzene rings is 1. The average molecular weight is 331 g/mol. The summed E-state index contributed by atoms with van der Waals surface area (Å²) in [5.74, 6) is 1.42. The van der Waals surface area contributed by atoms with Crippen LogP contribution in [0.2, 0.25) is 0 Å². The van der Waals surface area contributed by atoms with Crippen LogP contribution in [0.15, 0.2) is 67.4 Å². The third-order valence-electron chi connectivity index (χ3n) is 4.18. The van der Waals surface area contributed by atoms with Gasteiger partial charge in [-0.05, 0) is 35.4 Å². The van der Waals surface area contributed by atoms with Gasteiger partial charge >= 0.3 is 0 Å². The second kappa shape index (κ2) is 6.28. The van der Waals surface area contributed by atoms with E-state index in [1.54, 1.807) is 20.5 Å². The number of rotatable bonds is 4. The van der Waals surface area contributed by atoms with Crippen LogP contribution in [-0.2, 0) is 0 Å². The minimum absolute atomic E-state index is 0.595. The highest BCUT2D eigenvalue weighted by atomic mass is 16.5. The van der Waals surface area contributed by atoms with Gasteiger partial charge in [0.25, 0.3) is 0 Å². The van der Waals surface area contributed by atoms with Crippen LogP contribution < -0.4 is 9.47 Å². The SMILES string of the molecule is COc1cccc(-c2cc(-c3ccc(OC)nc3)c3cncn3c2)c1. The Kier molecular flexibility index (Phi) is 3.82. The molecular weight excluding hydrogens is 314 g/mol. The topological polar surface area (TPSA) is 48.7 Å². The smallest absolute Gasteiger partial charge is 0.212 e. The van der Waals surface area contributed by atoms with Gasteiger partial charge in [-0.1, -0.05) is 12.1 Å². The van der Waals surface area contributed by atoms with Crippen molar-refractivity contribution in [3.8, 4) is 33.9 Å². The number of imidazole rings is 1. The monoisotopic (exact) mass is 331 g/mol. The molecular formula is C20H17N3O2. The molecule has 5 heteroatoms. The van der Waals surface area contributed by atoms with Crippen molar-refractivity contribution in [1.29, 1.82) is 0 Å². The molecule has 0 bridgehead atoms. The number of hydrogen-bond acceptors (Lipinski definition) is 4. The minimum Gasteiger partial charge on any atom is -0.497 e. The molecule has 3 heterocycles. The van der Waals surface area contributed by atoms with Gasteiger partial charge in [0.2, 0.25) is 5.88 Å². The molecule has 3 aromatic heterocycles. The summed E-state index contributed by atoms with van der Waals surface area (Å²) in [4.78, 5) is 8.61. The Balaban J connectivity index is 1.89. The molecule has 1 aromatic carbocycles. The molecule has 4 rings (SSSR count). The number of pyridine rings is 2. The molecule has 0 N–H and O–H groups in total. The first-order chi connectivity index (χ1) is 12.3. The van der Waals surface area contributed by atoms with Gasteiger partial charge < -0.3 is 13.9 Å². The average Bonchev–Trinajstić information content (AvgIpc) is 3.16. The Morgan fingerprint density at radius 2 is 1.80 bits per heavy atom. The predicted octanol–water partition coefficient (Wildman–Crippen LogP) is 4.08. The minimum atomic E-state index is 0.595. The van der Waals surface area contributed by atoms with Gasteiger partial charge in [-0.2, -0.15) is 0 Å². The van der Waals surface area contributed by atoms with E-state index in [0.29, 0.717) is 5.88 Å². The Morgan fingerprint density at radius 3 is 2.56 bits per heavy atom. The summed E-state index contributed by atoms with van der Waals surface area (Å²) < 4.78 is 12.5. The Morgan fingerprint density at radius 1 is 0.880 bits per heavy atom. The highest BCUT2D eigenvalue weighted by Crippen LogP contribution is 2.31. The maximum absolute atomic E-state index is 5.35. The van der Waals surface area contributed by atoms with E-state index in [0.717, 1.165) is 33.5 Å². The quantitative estimate of drug-likeness (QED) is 0.565. The van der Waals surface area contributed by atoms with Crippen molar-refractivity contribution in [2.24, 2.45) is 0 Å². The molecule has 0 spiro atoms. The van der Waals surface area contributed by atoms with Gasteiger partial charge in [0.15, 0.2) is 0 Å². The molecule has 0 atom stereocenters. The fourth-order valence-electron chi connectivity index (χ4n) is 2.88. The molecule has 0 saturated carbocycles. The van der Waals surface area contributed by atoms with Gasteiger partial charge in [0, 0.05) is 29.6 Å². The van der Waals surface area contributed by atoms with Crippen molar-refractivity contribution < 1.29 is 9.47 Å². The van der Waals surface area contributed by atoms with E-state index in [1.165, 1.54) is 0 Å². The van der Waals surface area contributed by atoms with E-state index in [1.807, 2.05) is 47.1 Å². The van der Waals surface area contributed by atoms with Crippen LogP contribution in [0.5, 0.6) is 11.6 Å². The fourth-order valence-corrected chi connectivity index (χ4v) is 2.88. The zero-order valence-electron chi connectivity index (χ0n) is 14.0. The molecule has 0 amide bonds. The second-order valence-corrected chi connectivity index (χ2v) is 5.65. The molecule has 0 unspecified atom stereocenters. The van der Waals surface area contributed by atoms with Gasteiger partial charge in [0.05, 0.1) is 32.3 Å². The van der Waals surface area contributed by atoms with E-state index >= 15 is 0 Å². The Bertz CT molecular complexity index is 1020. The van der Waals surface area contributed by atoms with Crippen LogP contribution in [-0.4, -0.2) is 28.6 Å². The lowest BCUT2D eigenvalue weighted by molar-refractivity contribution is 0.398. The standard InChI is InChI=1S/C20H17N3O2/c1-24-17-5-3-4-14(8-17)16-9-18(19-11-21-13-23(19)12-16)15-6-7-20(25-2)22-10-15/h3-13H,1-2H3. The lowest BCUT2D eigenvalue weighted by Crippen LogP contribution is -1.92. The van der Waals surface area contributed by atoms with Crippen molar-refractivity contribution in [3.05, 3.63) is 67.4 Å². The third-order valence-corrected chi connectivity index (χ3v) is 4.18. The van der Waals surface area contributed by atoms with Gasteiger partial charge in [-0.25, -0.2) is 9.97 Å². The van der Waals surface area contributed by atoms with Crippen LogP contribution in [0.4, 0.5) is 0 Å². The summed E-state index contributed by atoms with van der Waals surface area (Å²) in [6.07, 6.45) is 7.54. The molecule has 0 saturated heterocycles. The summed E-state index contributed by atoms with van der Waals surface area (Å²) in [6.45, 7) is 0. The maximum atomic E-state index is 5.35. The number of aromatic nitrogens is 3. The highest BCUT2D eigenvalue weighted by Gasteiger charge is 2.10. The van der Waals surface area contributed by atoms with E-state index in [9.17, 15) is 0 Å². The lowest BCUT2D eigenvalue weighted by Gasteiger charge is -2.10. The number of fused-ring (bicyclic) bond motifs is 1. The number of ether oxygens (including phenoxy) is 2. The molecule has 25 heavy (non-hydrogen) atoms. The summed E-state index contributed by atoms with van der Waals surface area (Å²) in [7, 11) is 3.28. The Hall–Kier alpha value is -3.34. The molecule has 0 aliphatic carbocycles. The van der Waals surface area contributed by atoms with E-state index in [-0.39, 0.29) is 0 Å². The molecule has 0 radical (unpaired) electrons. The molecule has 124 valence electrons. The zero-order valence-corrected chi connectivity index (χ0v) is 14.0. The van der Waals surface area contributed by atoms with Crippen molar-refractivity contribution >= 4 is 5.52 Å². The lowest BCUT2D eigenvalue weighted by atomic mass is 10.0. The van der Waals surface area contributed by atoms with E-state index < -0.39 is 0 Å². The summed E-state index contributed by atoms with van der Waals surface area (Å²) in [5, 5.41) is 0. The number of methoxy groups -OCH3 is 2. The summed E-state index contributed by atoms with van der Waals surface area (Å²) in [5.41, 5.74) is 5.26. The predicted molar refractivity (Wildman–Crippen MR) is 97.0 cm³/mol. The van der Waals surface area contributed by atoms with E-state index in [2.05, 4.69) is 28.3 Å². The molecule has 5 nitrogen and oxygen atoms in total. The third kappa shape index (κ3) is 2.80. The summed E-state index contributed by atoms with van der Waals surface area (Å²) >= 11 is 0. The first-order valence-electron chi connectivity index (χ1n) is 7.89. The molecule has 0 aliphatic rings. The van der Waals surface area contributed by atoms with Gasteiger partial charge in [-0.15, -0.1) is 0 Å². The van der Waals surface area contributed by atoms with Crippen LogP contribution in [0.1, 0.15) is 0 Å². The Labute approximate surface area is 145 Å². The number of hydrogen-bond donors (Lipinski definition) is 0. The molecule has 0 fully saturated rings. The maximum Gasteiger partial charge on any atom is 0.212 e. The van der Waals surface area contributed by atoms with Gasteiger partial charge in [0.1, 0.15) is 5.75 Å². The van der Waals surface area contributed by atoms with Crippen LogP contribution in [0.3, 0.4) is 0 Å². The van der Waals surface area contributed by atoms with Crippen LogP contribution >= 0.6 is 0 Å². The molecule has 4 aromatic rings. The van der Waals surface area contributed by atoms with Crippen molar-refractivity contribution in [3.63, 3.8) is 0 Å². The normalized spacial score (nSPS) is 10.8. The zero-order chi connectivity index (χ0) is 17.2.